The molecule has 324 valence electrons. The van der Waals surface area contributed by atoms with E-state index in [-0.39, 0.29) is 26.2 Å². The molecule has 0 spiro atoms. The van der Waals surface area contributed by atoms with Crippen LogP contribution in [0.1, 0.15) is 149 Å². The summed E-state index contributed by atoms with van der Waals surface area (Å²) >= 11 is 0. The fourth-order valence-corrected chi connectivity index (χ4v) is 6.23. The van der Waals surface area contributed by atoms with Crippen molar-refractivity contribution in [1.29, 1.82) is 0 Å². The van der Waals surface area contributed by atoms with Gasteiger partial charge in [0.25, 0.3) is 0 Å². The standard InChI is InChI=1S/C46H82NO8P/c1-6-8-10-11-12-13-14-15-19-22-25-28-31-35-40-52-42-45(43-54-56(50,51)53-41-39-47(3,4)5)55-46(49)38-34-30-27-24-21-18-16-17-20-23-26-29-33-37-44(48)36-32-9-7-2/h9,17-18,20-21,26-27,29-30,32-33,37,44-45,48H,6-8,10-16,19,22-25,28,31,34-36,38-43H2,1-5H3/p+1/b20-17-,21-18-,29-26-,30-27-,32-9-,37-33-. The lowest BCUT2D eigenvalue weighted by Gasteiger charge is -2.24. The third-order valence-electron chi connectivity index (χ3n) is 8.88. The van der Waals surface area contributed by atoms with Gasteiger partial charge in [-0.3, -0.25) is 13.8 Å². The fraction of sp³-hybridized carbons (Fsp3) is 0.717. The number of hydrogen-bond acceptors (Lipinski definition) is 7. The molecule has 2 N–H and O–H groups in total. The SMILES string of the molecule is CC/C=C\CC(O)/C=C\C=C/C/C=C\C/C=C\C/C=C\CCC(=O)OC(COCCCCCCCCCCCCCCCC)COP(=O)(O)OCC[N+](C)(C)C. The Kier molecular flexibility index (Phi) is 37.0. The summed E-state index contributed by atoms with van der Waals surface area (Å²) in [5.41, 5.74) is 0. The van der Waals surface area contributed by atoms with E-state index >= 15 is 0 Å². The van der Waals surface area contributed by atoms with Gasteiger partial charge in [0, 0.05) is 13.0 Å². The molecule has 0 rings (SSSR count). The Morgan fingerprint density at radius 3 is 1.79 bits per heavy atom. The Morgan fingerprint density at radius 2 is 1.21 bits per heavy atom. The van der Waals surface area contributed by atoms with Crippen LogP contribution in [-0.4, -0.2) is 86.8 Å². The quantitative estimate of drug-likeness (QED) is 0.0158. The summed E-state index contributed by atoms with van der Waals surface area (Å²) in [6, 6.07) is 0. The van der Waals surface area contributed by atoms with E-state index in [2.05, 4.69) is 50.3 Å². The number of phosphoric acid groups is 1. The fourth-order valence-electron chi connectivity index (χ4n) is 5.49. The number of ether oxygens (including phenoxy) is 2. The van der Waals surface area contributed by atoms with Crippen molar-refractivity contribution in [2.45, 2.75) is 161 Å². The molecule has 0 aliphatic rings. The summed E-state index contributed by atoms with van der Waals surface area (Å²) in [7, 11) is 1.59. The van der Waals surface area contributed by atoms with Crippen LogP contribution in [0.4, 0.5) is 0 Å². The molecule has 9 nitrogen and oxygen atoms in total. The van der Waals surface area contributed by atoms with Gasteiger partial charge in [-0.2, -0.15) is 0 Å². The van der Waals surface area contributed by atoms with Crippen LogP contribution in [0.15, 0.2) is 72.9 Å². The zero-order valence-corrected chi connectivity index (χ0v) is 37.1. The molecule has 0 aromatic heterocycles. The van der Waals surface area contributed by atoms with Crippen LogP contribution in [0.3, 0.4) is 0 Å². The third-order valence-corrected chi connectivity index (χ3v) is 9.86. The molecule has 0 saturated carbocycles. The van der Waals surface area contributed by atoms with Crippen LogP contribution >= 0.6 is 7.82 Å². The number of phosphoric ester groups is 1. The molecule has 0 bridgehead atoms. The lowest BCUT2D eigenvalue weighted by atomic mass is 10.0. The Balaban J connectivity index is 4.43. The maximum absolute atomic E-state index is 12.7. The molecule has 0 amide bonds. The minimum Gasteiger partial charge on any atom is -0.457 e. The Bertz CT molecular complexity index is 1140. The molecule has 0 heterocycles. The van der Waals surface area contributed by atoms with Gasteiger partial charge in [0.1, 0.15) is 19.3 Å². The first kappa shape index (κ1) is 53.9. The Labute approximate surface area is 343 Å². The normalized spacial score (nSPS) is 15.1. The number of carbonyl (C=O) groups excluding carboxylic acids is 1. The van der Waals surface area contributed by atoms with Gasteiger partial charge >= 0.3 is 13.8 Å². The predicted octanol–water partition coefficient (Wildman–Crippen LogP) is 11.7. The number of quaternary nitrogens is 1. The van der Waals surface area contributed by atoms with Crippen molar-refractivity contribution in [3.63, 3.8) is 0 Å². The lowest BCUT2D eigenvalue weighted by molar-refractivity contribution is -0.870. The van der Waals surface area contributed by atoms with Crippen LogP contribution in [0.25, 0.3) is 0 Å². The predicted molar refractivity (Wildman–Crippen MR) is 234 cm³/mol. The average molecular weight is 809 g/mol. The highest BCUT2D eigenvalue weighted by Gasteiger charge is 2.26. The van der Waals surface area contributed by atoms with Crippen molar-refractivity contribution < 1.29 is 42.4 Å². The summed E-state index contributed by atoms with van der Waals surface area (Å²) in [4.78, 5) is 22.8. The van der Waals surface area contributed by atoms with Crippen molar-refractivity contribution in [2.24, 2.45) is 0 Å². The van der Waals surface area contributed by atoms with Crippen molar-refractivity contribution in [2.75, 3.05) is 54.1 Å². The van der Waals surface area contributed by atoms with Crippen LogP contribution in [0, 0.1) is 0 Å². The third kappa shape index (κ3) is 41.5. The first-order chi connectivity index (χ1) is 27.0. The van der Waals surface area contributed by atoms with E-state index in [9.17, 15) is 19.4 Å². The number of aliphatic hydroxyl groups is 1. The second kappa shape index (κ2) is 38.4. The van der Waals surface area contributed by atoms with Gasteiger partial charge in [-0.05, 0) is 44.9 Å². The molecule has 0 saturated heterocycles. The van der Waals surface area contributed by atoms with Crippen LogP contribution in [0.5, 0.6) is 0 Å². The second-order valence-corrected chi connectivity index (χ2v) is 17.0. The van der Waals surface area contributed by atoms with Gasteiger partial charge in [0.05, 0.1) is 40.5 Å². The molecule has 0 aliphatic heterocycles. The van der Waals surface area contributed by atoms with Gasteiger partial charge in [0.15, 0.2) is 0 Å². The number of nitrogens with zero attached hydrogens (tertiary/aromatic N) is 1. The van der Waals surface area contributed by atoms with Crippen molar-refractivity contribution >= 4 is 13.8 Å². The highest BCUT2D eigenvalue weighted by atomic mass is 31.2. The molecule has 3 unspecified atom stereocenters. The van der Waals surface area contributed by atoms with Crippen molar-refractivity contribution in [3.05, 3.63) is 72.9 Å². The highest BCUT2D eigenvalue weighted by molar-refractivity contribution is 7.47. The zero-order valence-electron chi connectivity index (χ0n) is 36.2. The maximum Gasteiger partial charge on any atom is 0.472 e. The van der Waals surface area contributed by atoms with Gasteiger partial charge in [-0.15, -0.1) is 0 Å². The van der Waals surface area contributed by atoms with E-state index in [1.165, 1.54) is 77.0 Å². The van der Waals surface area contributed by atoms with Crippen LogP contribution < -0.4 is 0 Å². The van der Waals surface area contributed by atoms with E-state index in [1.807, 2.05) is 51.5 Å². The first-order valence-corrected chi connectivity index (χ1v) is 23.3. The summed E-state index contributed by atoms with van der Waals surface area (Å²) in [6.45, 7) is 5.28. The van der Waals surface area contributed by atoms with Crippen molar-refractivity contribution in [3.8, 4) is 0 Å². The van der Waals surface area contributed by atoms with Gasteiger partial charge in [0.2, 0.25) is 0 Å². The smallest absolute Gasteiger partial charge is 0.457 e. The monoisotopic (exact) mass is 809 g/mol. The molecule has 0 aliphatic carbocycles. The molecule has 0 fully saturated rings. The number of likely N-dealkylation sites (N-methyl/N-ethyl adjacent to an activating group) is 1. The summed E-state index contributed by atoms with van der Waals surface area (Å²) in [6.07, 6.45) is 45.6. The second-order valence-electron chi connectivity index (χ2n) is 15.6. The number of esters is 1. The molecular weight excluding hydrogens is 725 g/mol. The van der Waals surface area contributed by atoms with Gasteiger partial charge in [-0.1, -0.05) is 170 Å². The summed E-state index contributed by atoms with van der Waals surface area (Å²) < 4.78 is 34.8. The topological polar surface area (TPSA) is 112 Å². The molecule has 56 heavy (non-hydrogen) atoms. The van der Waals surface area contributed by atoms with E-state index in [0.717, 1.165) is 38.5 Å². The molecule has 10 heteroatoms. The number of allylic oxidation sites excluding steroid dienone is 10. The lowest BCUT2D eigenvalue weighted by Crippen LogP contribution is -2.37. The van der Waals surface area contributed by atoms with Gasteiger partial charge < -0.3 is 24.0 Å². The van der Waals surface area contributed by atoms with Crippen LogP contribution in [0.2, 0.25) is 0 Å². The van der Waals surface area contributed by atoms with E-state index in [4.69, 9.17) is 18.5 Å². The number of hydrogen-bond donors (Lipinski definition) is 2. The van der Waals surface area contributed by atoms with E-state index < -0.39 is 26.0 Å². The maximum atomic E-state index is 12.7. The number of unbranched alkanes of at least 4 members (excludes halogenated alkanes) is 13. The van der Waals surface area contributed by atoms with Crippen molar-refractivity contribution in [1.82, 2.24) is 0 Å². The largest absolute Gasteiger partial charge is 0.472 e. The van der Waals surface area contributed by atoms with Gasteiger partial charge in [-0.25, -0.2) is 4.57 Å². The molecule has 0 radical (unpaired) electrons. The van der Waals surface area contributed by atoms with Crippen LogP contribution in [-0.2, 0) is 27.9 Å². The highest BCUT2D eigenvalue weighted by Crippen LogP contribution is 2.43. The average Bonchev–Trinajstić information content (AvgIpc) is 3.14. The minimum atomic E-state index is -4.30. The summed E-state index contributed by atoms with van der Waals surface area (Å²) in [5.74, 6) is -0.410. The Hall–Kier alpha value is -2.10. The molecule has 0 aromatic carbocycles. The first-order valence-electron chi connectivity index (χ1n) is 21.8. The van der Waals surface area contributed by atoms with E-state index in [1.54, 1.807) is 6.08 Å². The molecule has 0 aromatic rings. The number of rotatable bonds is 39. The molecule has 3 atom stereocenters. The Morgan fingerprint density at radius 1 is 0.661 bits per heavy atom. The number of carbonyl (C=O) groups is 1. The zero-order chi connectivity index (χ0) is 41.4. The molecular formula is C46H83NO8P+. The minimum absolute atomic E-state index is 0.0657. The summed E-state index contributed by atoms with van der Waals surface area (Å²) in [5, 5.41) is 9.85. The van der Waals surface area contributed by atoms with E-state index in [0.29, 0.717) is 30.5 Å². The number of aliphatic hydroxyl groups excluding tert-OH is 1.